The molecule has 1 aromatic heterocycles. The standard InChI is InChI=1S/C12H16N4O/c1-8(6-7-17)14-11-9-4-2-3-5-10(9)15-12(13)16-11/h2-5,8,17H,6-7H2,1H3,(H3,13,14,15,16). The lowest BCUT2D eigenvalue weighted by atomic mass is 10.2. The van der Waals surface area contributed by atoms with Crippen molar-refractivity contribution >= 4 is 22.7 Å². The van der Waals surface area contributed by atoms with Crippen LogP contribution in [0.15, 0.2) is 24.3 Å². The minimum Gasteiger partial charge on any atom is -0.396 e. The molecule has 2 aromatic rings. The largest absolute Gasteiger partial charge is 0.396 e. The van der Waals surface area contributed by atoms with Crippen molar-refractivity contribution in [3.05, 3.63) is 24.3 Å². The molecule has 0 aliphatic rings. The van der Waals surface area contributed by atoms with E-state index in [0.717, 1.165) is 10.9 Å². The van der Waals surface area contributed by atoms with Crippen molar-refractivity contribution in [1.29, 1.82) is 0 Å². The van der Waals surface area contributed by atoms with Gasteiger partial charge in [-0.3, -0.25) is 0 Å². The van der Waals surface area contributed by atoms with Gasteiger partial charge in [-0.2, -0.15) is 4.98 Å². The first-order valence-corrected chi connectivity index (χ1v) is 5.60. The van der Waals surface area contributed by atoms with Crippen molar-refractivity contribution in [1.82, 2.24) is 9.97 Å². The minimum absolute atomic E-state index is 0.137. The number of nitrogens with zero attached hydrogens (tertiary/aromatic N) is 2. The molecule has 0 fully saturated rings. The SMILES string of the molecule is CC(CCO)Nc1nc(N)nc2ccccc12. The van der Waals surface area contributed by atoms with E-state index in [0.29, 0.717) is 12.2 Å². The third-order valence-electron chi connectivity index (χ3n) is 2.57. The molecule has 5 heteroatoms. The summed E-state index contributed by atoms with van der Waals surface area (Å²) in [4.78, 5) is 8.36. The van der Waals surface area contributed by atoms with Crippen LogP contribution in [-0.2, 0) is 0 Å². The first-order chi connectivity index (χ1) is 8.20. The Morgan fingerprint density at radius 2 is 2.12 bits per heavy atom. The Bertz CT molecular complexity index is 515. The number of aromatic nitrogens is 2. The zero-order valence-corrected chi connectivity index (χ0v) is 9.72. The zero-order chi connectivity index (χ0) is 12.3. The van der Waals surface area contributed by atoms with E-state index in [2.05, 4.69) is 15.3 Å². The summed E-state index contributed by atoms with van der Waals surface area (Å²) in [6.07, 6.45) is 0.665. The van der Waals surface area contributed by atoms with Gasteiger partial charge in [0.2, 0.25) is 5.95 Å². The maximum absolute atomic E-state index is 8.89. The van der Waals surface area contributed by atoms with Crippen molar-refractivity contribution in [2.75, 3.05) is 17.7 Å². The molecule has 90 valence electrons. The number of nitrogen functional groups attached to an aromatic ring is 1. The van der Waals surface area contributed by atoms with Crippen LogP contribution in [0.3, 0.4) is 0 Å². The van der Waals surface area contributed by atoms with Gasteiger partial charge in [0.1, 0.15) is 5.82 Å². The average molecular weight is 232 g/mol. The van der Waals surface area contributed by atoms with E-state index in [9.17, 15) is 0 Å². The highest BCUT2D eigenvalue weighted by Crippen LogP contribution is 2.21. The van der Waals surface area contributed by atoms with Gasteiger partial charge >= 0.3 is 0 Å². The zero-order valence-electron chi connectivity index (χ0n) is 9.72. The third-order valence-corrected chi connectivity index (χ3v) is 2.57. The van der Waals surface area contributed by atoms with E-state index in [1.54, 1.807) is 0 Å². The Morgan fingerprint density at radius 3 is 2.88 bits per heavy atom. The molecule has 5 nitrogen and oxygen atoms in total. The van der Waals surface area contributed by atoms with Crippen LogP contribution < -0.4 is 11.1 Å². The van der Waals surface area contributed by atoms with E-state index < -0.39 is 0 Å². The maximum atomic E-state index is 8.89. The number of hydrogen-bond acceptors (Lipinski definition) is 5. The Hall–Kier alpha value is -1.88. The van der Waals surface area contributed by atoms with E-state index in [1.165, 1.54) is 0 Å². The molecular formula is C12H16N4O. The highest BCUT2D eigenvalue weighted by atomic mass is 16.3. The summed E-state index contributed by atoms with van der Waals surface area (Å²) in [5.41, 5.74) is 6.48. The van der Waals surface area contributed by atoms with Gasteiger partial charge in [0.25, 0.3) is 0 Å². The van der Waals surface area contributed by atoms with E-state index in [-0.39, 0.29) is 18.6 Å². The van der Waals surface area contributed by atoms with Gasteiger partial charge < -0.3 is 16.2 Å². The van der Waals surface area contributed by atoms with Crippen molar-refractivity contribution in [2.45, 2.75) is 19.4 Å². The molecule has 0 radical (unpaired) electrons. The van der Waals surface area contributed by atoms with Gasteiger partial charge in [-0.15, -0.1) is 0 Å². The van der Waals surface area contributed by atoms with Crippen molar-refractivity contribution in [2.24, 2.45) is 0 Å². The van der Waals surface area contributed by atoms with Crippen LogP contribution in [0.2, 0.25) is 0 Å². The lowest BCUT2D eigenvalue weighted by Gasteiger charge is -2.14. The highest BCUT2D eigenvalue weighted by molar-refractivity contribution is 5.89. The van der Waals surface area contributed by atoms with Gasteiger partial charge in [-0.25, -0.2) is 4.98 Å². The van der Waals surface area contributed by atoms with Crippen molar-refractivity contribution in [3.63, 3.8) is 0 Å². The highest BCUT2D eigenvalue weighted by Gasteiger charge is 2.08. The number of aliphatic hydroxyl groups excluding tert-OH is 1. The lowest BCUT2D eigenvalue weighted by molar-refractivity contribution is 0.282. The molecule has 0 amide bonds. The van der Waals surface area contributed by atoms with E-state index in [4.69, 9.17) is 10.8 Å². The van der Waals surface area contributed by atoms with Crippen LogP contribution >= 0.6 is 0 Å². The molecule has 1 atom stereocenters. The summed E-state index contributed by atoms with van der Waals surface area (Å²) in [5, 5.41) is 13.1. The van der Waals surface area contributed by atoms with E-state index in [1.807, 2.05) is 31.2 Å². The number of aliphatic hydroxyl groups is 1. The molecule has 2 rings (SSSR count). The monoisotopic (exact) mass is 232 g/mol. The topological polar surface area (TPSA) is 84.1 Å². The number of nitrogens with one attached hydrogen (secondary N) is 1. The molecule has 17 heavy (non-hydrogen) atoms. The number of anilines is 2. The first kappa shape index (κ1) is 11.6. The third kappa shape index (κ3) is 2.62. The van der Waals surface area contributed by atoms with Gasteiger partial charge in [0.15, 0.2) is 0 Å². The van der Waals surface area contributed by atoms with Crippen LogP contribution in [0.1, 0.15) is 13.3 Å². The fourth-order valence-corrected chi connectivity index (χ4v) is 1.70. The number of nitrogens with two attached hydrogens (primary N) is 1. The second-order valence-corrected chi connectivity index (χ2v) is 4.01. The van der Waals surface area contributed by atoms with Crippen LogP contribution in [0.25, 0.3) is 10.9 Å². The molecule has 1 unspecified atom stereocenters. The van der Waals surface area contributed by atoms with Gasteiger partial charge in [-0.05, 0) is 25.5 Å². The number of hydrogen-bond donors (Lipinski definition) is 3. The van der Waals surface area contributed by atoms with Crippen LogP contribution in [-0.4, -0.2) is 27.7 Å². The molecule has 1 heterocycles. The van der Waals surface area contributed by atoms with Crippen LogP contribution in [0, 0.1) is 0 Å². The first-order valence-electron chi connectivity index (χ1n) is 5.60. The number of para-hydroxylation sites is 1. The Morgan fingerprint density at radius 1 is 1.35 bits per heavy atom. The predicted octanol–water partition coefficient (Wildman–Crippen LogP) is 1.39. The van der Waals surface area contributed by atoms with Crippen molar-refractivity contribution in [3.8, 4) is 0 Å². The quantitative estimate of drug-likeness (QED) is 0.742. The van der Waals surface area contributed by atoms with Crippen molar-refractivity contribution < 1.29 is 5.11 Å². The second-order valence-electron chi connectivity index (χ2n) is 4.01. The molecule has 0 saturated heterocycles. The molecule has 0 aliphatic carbocycles. The summed E-state index contributed by atoms with van der Waals surface area (Å²) in [7, 11) is 0. The molecule has 0 bridgehead atoms. The molecular weight excluding hydrogens is 216 g/mol. The summed E-state index contributed by atoms with van der Waals surface area (Å²) >= 11 is 0. The molecule has 0 spiro atoms. The fourth-order valence-electron chi connectivity index (χ4n) is 1.70. The second kappa shape index (κ2) is 4.97. The smallest absolute Gasteiger partial charge is 0.222 e. The van der Waals surface area contributed by atoms with Gasteiger partial charge in [0, 0.05) is 18.0 Å². The van der Waals surface area contributed by atoms with Gasteiger partial charge in [-0.1, -0.05) is 12.1 Å². The summed E-state index contributed by atoms with van der Waals surface area (Å²) < 4.78 is 0. The Labute approximate surface area is 99.7 Å². The predicted molar refractivity (Wildman–Crippen MR) is 68.7 cm³/mol. The van der Waals surface area contributed by atoms with Gasteiger partial charge in [0.05, 0.1) is 5.52 Å². The lowest BCUT2D eigenvalue weighted by Crippen LogP contribution is -2.18. The summed E-state index contributed by atoms with van der Waals surface area (Å²) in [6, 6.07) is 7.83. The molecule has 0 aliphatic heterocycles. The number of benzene rings is 1. The van der Waals surface area contributed by atoms with E-state index >= 15 is 0 Å². The summed E-state index contributed by atoms with van der Waals surface area (Å²) in [6.45, 7) is 2.13. The molecule has 1 aromatic carbocycles. The van der Waals surface area contributed by atoms with Crippen LogP contribution in [0.4, 0.5) is 11.8 Å². The molecule has 0 saturated carbocycles. The average Bonchev–Trinajstić information content (AvgIpc) is 2.29. The Kier molecular flexibility index (Phi) is 3.39. The maximum Gasteiger partial charge on any atom is 0.222 e. The minimum atomic E-state index is 0.137. The Balaban J connectivity index is 2.38. The molecule has 4 N–H and O–H groups in total. The van der Waals surface area contributed by atoms with Crippen LogP contribution in [0.5, 0.6) is 0 Å². The normalized spacial score (nSPS) is 12.6. The number of fused-ring (bicyclic) bond motifs is 1. The number of rotatable bonds is 4. The fraction of sp³-hybridized carbons (Fsp3) is 0.333. The summed E-state index contributed by atoms with van der Waals surface area (Å²) in [5.74, 6) is 0.969.